The zero-order valence-electron chi connectivity index (χ0n) is 15.0. The minimum atomic E-state index is -0.304. The number of aryl methyl sites for hydroxylation is 1. The maximum atomic E-state index is 12.2. The van der Waals surface area contributed by atoms with Crippen molar-refractivity contribution in [2.45, 2.75) is 19.9 Å². The lowest BCUT2D eigenvalue weighted by atomic mass is 10.3. The van der Waals surface area contributed by atoms with Crippen LogP contribution in [-0.4, -0.2) is 35.8 Å². The average molecular weight is 354 g/mol. The predicted molar refractivity (Wildman–Crippen MR) is 98.6 cm³/mol. The molecule has 3 aromatic rings. The number of carbonyl (C=O) groups excluding carboxylic acids is 1. The molecular formula is C20H22N2O4. The first-order valence-corrected chi connectivity index (χ1v) is 8.58. The van der Waals surface area contributed by atoms with Crippen LogP contribution in [0.2, 0.25) is 0 Å². The van der Waals surface area contributed by atoms with Crippen molar-refractivity contribution < 1.29 is 19.0 Å². The SMILES string of the molecule is CCc1nc2ccccc2n1CC(=O)OCCOc1ccc(OC)cc1. The van der Waals surface area contributed by atoms with Crippen LogP contribution in [0.1, 0.15) is 12.7 Å². The van der Waals surface area contributed by atoms with Crippen molar-refractivity contribution in [1.29, 1.82) is 0 Å². The van der Waals surface area contributed by atoms with Crippen molar-refractivity contribution in [2.75, 3.05) is 20.3 Å². The maximum Gasteiger partial charge on any atom is 0.326 e. The normalized spacial score (nSPS) is 10.7. The van der Waals surface area contributed by atoms with Crippen LogP contribution in [0.5, 0.6) is 11.5 Å². The molecule has 0 N–H and O–H groups in total. The number of hydrogen-bond donors (Lipinski definition) is 0. The van der Waals surface area contributed by atoms with Gasteiger partial charge in [-0.2, -0.15) is 0 Å². The Labute approximate surface area is 152 Å². The molecule has 0 fully saturated rings. The number of hydrogen-bond acceptors (Lipinski definition) is 5. The number of methoxy groups -OCH3 is 1. The number of fused-ring (bicyclic) bond motifs is 1. The molecule has 0 bridgehead atoms. The molecule has 0 unspecified atom stereocenters. The van der Waals surface area contributed by atoms with Gasteiger partial charge < -0.3 is 18.8 Å². The van der Waals surface area contributed by atoms with Crippen molar-refractivity contribution in [3.05, 3.63) is 54.4 Å². The Kier molecular flexibility index (Phi) is 5.73. The predicted octanol–water partition coefficient (Wildman–Crippen LogP) is 3.23. The van der Waals surface area contributed by atoms with Gasteiger partial charge in [-0.1, -0.05) is 19.1 Å². The van der Waals surface area contributed by atoms with Crippen molar-refractivity contribution >= 4 is 17.0 Å². The summed E-state index contributed by atoms with van der Waals surface area (Å²) in [4.78, 5) is 16.7. The molecule has 0 radical (unpaired) electrons. The minimum Gasteiger partial charge on any atom is -0.497 e. The van der Waals surface area contributed by atoms with Gasteiger partial charge in [0, 0.05) is 6.42 Å². The highest BCUT2D eigenvalue weighted by Crippen LogP contribution is 2.17. The molecule has 0 spiro atoms. The smallest absolute Gasteiger partial charge is 0.326 e. The maximum absolute atomic E-state index is 12.2. The number of nitrogens with zero attached hydrogens (tertiary/aromatic N) is 2. The molecule has 0 aliphatic rings. The summed E-state index contributed by atoms with van der Waals surface area (Å²) in [6.07, 6.45) is 0.753. The van der Waals surface area contributed by atoms with Gasteiger partial charge in [-0.25, -0.2) is 4.98 Å². The van der Waals surface area contributed by atoms with Crippen LogP contribution in [0.15, 0.2) is 48.5 Å². The molecule has 3 rings (SSSR count). The number of esters is 1. The van der Waals surface area contributed by atoms with E-state index in [-0.39, 0.29) is 19.1 Å². The van der Waals surface area contributed by atoms with Gasteiger partial charge in [-0.3, -0.25) is 4.79 Å². The molecule has 0 saturated carbocycles. The molecule has 2 aromatic carbocycles. The summed E-state index contributed by atoms with van der Waals surface area (Å²) < 4.78 is 17.8. The Morgan fingerprint density at radius 3 is 2.50 bits per heavy atom. The number of aromatic nitrogens is 2. The van der Waals surface area contributed by atoms with E-state index in [0.29, 0.717) is 12.4 Å². The second-order valence-corrected chi connectivity index (χ2v) is 5.70. The van der Waals surface area contributed by atoms with Crippen molar-refractivity contribution in [3.63, 3.8) is 0 Å². The Bertz CT molecular complexity index is 871. The third kappa shape index (κ3) is 4.14. The van der Waals surface area contributed by atoms with Crippen LogP contribution in [0.25, 0.3) is 11.0 Å². The first kappa shape index (κ1) is 17.8. The Balaban J connectivity index is 1.51. The standard InChI is InChI=1S/C20H22N2O4/c1-3-19-21-17-6-4-5-7-18(17)22(19)14-20(23)26-13-12-25-16-10-8-15(24-2)9-11-16/h4-11H,3,12-14H2,1-2H3. The second kappa shape index (κ2) is 8.38. The number of carbonyl (C=O) groups is 1. The number of ether oxygens (including phenoxy) is 3. The first-order valence-electron chi connectivity index (χ1n) is 8.58. The zero-order valence-corrected chi connectivity index (χ0v) is 15.0. The molecule has 0 atom stereocenters. The Hall–Kier alpha value is -3.02. The molecule has 0 amide bonds. The Morgan fingerprint density at radius 2 is 1.77 bits per heavy atom. The summed E-state index contributed by atoms with van der Waals surface area (Å²) in [7, 11) is 1.61. The van der Waals surface area contributed by atoms with E-state index >= 15 is 0 Å². The van der Waals surface area contributed by atoms with E-state index in [9.17, 15) is 4.79 Å². The average Bonchev–Trinajstić information content (AvgIpc) is 3.03. The highest BCUT2D eigenvalue weighted by molar-refractivity contribution is 5.78. The van der Waals surface area contributed by atoms with Gasteiger partial charge in [0.1, 0.15) is 37.1 Å². The summed E-state index contributed by atoms with van der Waals surface area (Å²) in [5.41, 5.74) is 1.83. The van der Waals surface area contributed by atoms with Gasteiger partial charge in [0.2, 0.25) is 0 Å². The van der Waals surface area contributed by atoms with Crippen LogP contribution >= 0.6 is 0 Å². The fourth-order valence-corrected chi connectivity index (χ4v) is 2.73. The molecule has 0 aliphatic heterocycles. The second-order valence-electron chi connectivity index (χ2n) is 5.70. The minimum absolute atomic E-state index is 0.145. The molecule has 1 heterocycles. The van der Waals surface area contributed by atoms with E-state index in [1.165, 1.54) is 0 Å². The van der Waals surface area contributed by atoms with Gasteiger partial charge in [-0.15, -0.1) is 0 Å². The lowest BCUT2D eigenvalue weighted by Gasteiger charge is -2.10. The van der Waals surface area contributed by atoms with E-state index in [1.54, 1.807) is 7.11 Å². The summed E-state index contributed by atoms with van der Waals surface area (Å²) >= 11 is 0. The largest absolute Gasteiger partial charge is 0.497 e. The van der Waals surface area contributed by atoms with E-state index < -0.39 is 0 Å². The van der Waals surface area contributed by atoms with E-state index in [2.05, 4.69) is 4.98 Å². The third-order valence-corrected chi connectivity index (χ3v) is 4.01. The van der Waals surface area contributed by atoms with Crippen molar-refractivity contribution in [1.82, 2.24) is 9.55 Å². The van der Waals surface area contributed by atoms with E-state index in [4.69, 9.17) is 14.2 Å². The summed E-state index contributed by atoms with van der Waals surface area (Å²) in [6, 6.07) is 15.0. The third-order valence-electron chi connectivity index (χ3n) is 4.01. The number of para-hydroxylation sites is 2. The summed E-state index contributed by atoms with van der Waals surface area (Å²) in [5, 5.41) is 0. The molecule has 6 heteroatoms. The van der Waals surface area contributed by atoms with Crippen LogP contribution < -0.4 is 9.47 Å². The van der Waals surface area contributed by atoms with Crippen molar-refractivity contribution in [3.8, 4) is 11.5 Å². The topological polar surface area (TPSA) is 62.6 Å². The van der Waals surface area contributed by atoms with Gasteiger partial charge in [0.05, 0.1) is 18.1 Å². The van der Waals surface area contributed by atoms with Gasteiger partial charge >= 0.3 is 5.97 Å². The van der Waals surface area contributed by atoms with Crippen molar-refractivity contribution in [2.24, 2.45) is 0 Å². The Morgan fingerprint density at radius 1 is 1.04 bits per heavy atom. The van der Waals surface area contributed by atoms with Gasteiger partial charge in [-0.05, 0) is 36.4 Å². The monoisotopic (exact) mass is 354 g/mol. The molecule has 26 heavy (non-hydrogen) atoms. The number of imidazole rings is 1. The van der Waals surface area contributed by atoms with Crippen LogP contribution in [0, 0.1) is 0 Å². The quantitative estimate of drug-likeness (QED) is 0.459. The number of rotatable bonds is 8. The fraction of sp³-hybridized carbons (Fsp3) is 0.300. The highest BCUT2D eigenvalue weighted by Gasteiger charge is 2.13. The van der Waals surface area contributed by atoms with E-state index in [1.807, 2.05) is 60.0 Å². The zero-order chi connectivity index (χ0) is 18.4. The molecule has 6 nitrogen and oxygen atoms in total. The molecule has 0 aliphatic carbocycles. The molecular weight excluding hydrogens is 332 g/mol. The lowest BCUT2D eigenvalue weighted by molar-refractivity contribution is -0.145. The first-order chi connectivity index (χ1) is 12.7. The number of benzene rings is 2. The van der Waals surface area contributed by atoms with E-state index in [0.717, 1.165) is 29.0 Å². The summed E-state index contributed by atoms with van der Waals surface area (Å²) in [6.45, 7) is 2.65. The molecule has 0 saturated heterocycles. The van der Waals surface area contributed by atoms with Crippen LogP contribution in [0.4, 0.5) is 0 Å². The molecule has 136 valence electrons. The highest BCUT2D eigenvalue weighted by atomic mass is 16.6. The van der Waals surface area contributed by atoms with Crippen LogP contribution in [0.3, 0.4) is 0 Å². The van der Waals surface area contributed by atoms with Gasteiger partial charge in [0.15, 0.2) is 0 Å². The molecule has 1 aromatic heterocycles. The fourth-order valence-electron chi connectivity index (χ4n) is 2.73. The lowest BCUT2D eigenvalue weighted by Crippen LogP contribution is -2.18. The van der Waals surface area contributed by atoms with Crippen LogP contribution in [-0.2, 0) is 22.5 Å². The van der Waals surface area contributed by atoms with Gasteiger partial charge in [0.25, 0.3) is 0 Å². The summed E-state index contributed by atoms with van der Waals surface area (Å²) in [5.74, 6) is 2.04.